The smallest absolute Gasteiger partial charge is 0.305 e. The van der Waals surface area contributed by atoms with Gasteiger partial charge in [-0.1, -0.05) is 22.0 Å². The van der Waals surface area contributed by atoms with Gasteiger partial charge in [0.2, 0.25) is 0 Å². The first kappa shape index (κ1) is 21.4. The number of aromatic nitrogens is 1. The van der Waals surface area contributed by atoms with Gasteiger partial charge in [0.1, 0.15) is 0 Å². The number of rotatable bonds is 7. The topological polar surface area (TPSA) is 95.8 Å². The number of fused-ring (bicyclic) bond motifs is 1. The van der Waals surface area contributed by atoms with Gasteiger partial charge in [-0.25, -0.2) is 0 Å². The lowest BCUT2D eigenvalue weighted by atomic mass is 10.0. The van der Waals surface area contributed by atoms with Gasteiger partial charge in [-0.15, -0.1) is 0 Å². The van der Waals surface area contributed by atoms with Crippen molar-refractivity contribution < 1.29 is 14.6 Å². The van der Waals surface area contributed by atoms with Crippen LogP contribution in [-0.2, 0) is 9.53 Å². The molecule has 0 fully saturated rings. The summed E-state index contributed by atoms with van der Waals surface area (Å²) in [6, 6.07) is 11.4. The molecule has 2 heterocycles. The van der Waals surface area contributed by atoms with E-state index in [-0.39, 0.29) is 24.6 Å². The monoisotopic (exact) mass is 460 g/mol. The predicted octanol–water partition coefficient (Wildman–Crippen LogP) is 2.73. The average molecular weight is 461 g/mol. The Hall–Kier alpha value is -2.29. The number of aliphatic imine (C=N–C) groups is 1. The maximum atomic E-state index is 11.8. The van der Waals surface area contributed by atoms with Crippen LogP contribution >= 0.6 is 15.9 Å². The third-order valence-corrected chi connectivity index (χ3v) is 5.13. The second-order valence-corrected chi connectivity index (χ2v) is 7.86. The average Bonchev–Trinajstić information content (AvgIpc) is 2.87. The molecule has 2 aromatic rings. The first-order chi connectivity index (χ1) is 14.0. The summed E-state index contributed by atoms with van der Waals surface area (Å²) >= 11 is 3.54. The fourth-order valence-electron chi connectivity index (χ4n) is 3.20. The van der Waals surface area contributed by atoms with Gasteiger partial charge in [0.25, 0.3) is 0 Å². The lowest BCUT2D eigenvalue weighted by molar-refractivity contribution is -0.140. The van der Waals surface area contributed by atoms with Crippen LogP contribution in [0.15, 0.2) is 52.1 Å². The van der Waals surface area contributed by atoms with Gasteiger partial charge < -0.3 is 15.2 Å². The standard InChI is InChI=1S/C21H25BrN4O3/c1-13(27)12-24-21-18(8-9-19(28)29-2)25-20(17-5-3-4-10-23-17)15-11-14(22)6-7-16(15)26-21/h3-7,10-11,13,18,21,24,26-27H,8-9,12H2,1-2H3/t13-,18+,21?/m1/s1. The van der Waals surface area contributed by atoms with E-state index in [0.717, 1.165) is 27.1 Å². The number of halogens is 1. The van der Waals surface area contributed by atoms with E-state index in [1.54, 1.807) is 13.1 Å². The van der Waals surface area contributed by atoms with Crippen LogP contribution in [0.3, 0.4) is 0 Å². The molecule has 154 valence electrons. The van der Waals surface area contributed by atoms with Crippen molar-refractivity contribution in [3.05, 3.63) is 58.3 Å². The maximum Gasteiger partial charge on any atom is 0.305 e. The number of hydrogen-bond acceptors (Lipinski definition) is 7. The number of carbonyl (C=O) groups is 1. The number of methoxy groups -OCH3 is 1. The minimum atomic E-state index is -0.509. The number of anilines is 1. The molecule has 0 saturated heterocycles. The second kappa shape index (κ2) is 9.96. The largest absolute Gasteiger partial charge is 0.469 e. The predicted molar refractivity (Wildman–Crippen MR) is 116 cm³/mol. The number of aliphatic hydroxyl groups is 1. The highest BCUT2D eigenvalue weighted by Gasteiger charge is 2.28. The molecule has 0 aliphatic carbocycles. The molecule has 0 spiro atoms. The van der Waals surface area contributed by atoms with Gasteiger partial charge in [0.05, 0.1) is 36.8 Å². The van der Waals surface area contributed by atoms with Crippen LogP contribution in [-0.4, -0.2) is 53.7 Å². The highest BCUT2D eigenvalue weighted by molar-refractivity contribution is 9.10. The normalized spacial score (nSPS) is 19.4. The summed E-state index contributed by atoms with van der Waals surface area (Å²) in [4.78, 5) is 21.3. The molecule has 8 heteroatoms. The Morgan fingerprint density at radius 3 is 2.90 bits per heavy atom. The molecule has 1 aliphatic rings. The number of benzodiazepines with no additional fused rings is 1. The number of aliphatic hydroxyl groups excluding tert-OH is 1. The lowest BCUT2D eigenvalue weighted by Gasteiger charge is -2.26. The van der Waals surface area contributed by atoms with Crippen LogP contribution in [0.5, 0.6) is 0 Å². The van der Waals surface area contributed by atoms with Crippen LogP contribution in [0.25, 0.3) is 0 Å². The fraction of sp³-hybridized carbons (Fsp3) is 0.381. The van der Waals surface area contributed by atoms with Crippen molar-refractivity contribution >= 4 is 33.3 Å². The Morgan fingerprint density at radius 2 is 2.21 bits per heavy atom. The molecular weight excluding hydrogens is 436 g/mol. The molecule has 1 unspecified atom stereocenters. The number of carbonyl (C=O) groups excluding carboxylic acids is 1. The van der Waals surface area contributed by atoms with Gasteiger partial charge in [-0.2, -0.15) is 0 Å². The molecule has 1 aromatic carbocycles. The first-order valence-corrected chi connectivity index (χ1v) is 10.3. The van der Waals surface area contributed by atoms with Gasteiger partial charge >= 0.3 is 5.97 Å². The molecule has 3 rings (SSSR count). The van der Waals surface area contributed by atoms with Crippen molar-refractivity contribution in [3.63, 3.8) is 0 Å². The molecule has 0 radical (unpaired) electrons. The zero-order valence-electron chi connectivity index (χ0n) is 16.4. The van der Waals surface area contributed by atoms with Gasteiger partial charge in [0, 0.05) is 34.9 Å². The van der Waals surface area contributed by atoms with E-state index < -0.39 is 6.10 Å². The Morgan fingerprint density at radius 1 is 1.38 bits per heavy atom. The van der Waals surface area contributed by atoms with Crippen LogP contribution < -0.4 is 10.6 Å². The minimum Gasteiger partial charge on any atom is -0.469 e. The van der Waals surface area contributed by atoms with Crippen molar-refractivity contribution in [1.29, 1.82) is 0 Å². The van der Waals surface area contributed by atoms with Crippen molar-refractivity contribution in [2.24, 2.45) is 4.99 Å². The molecule has 1 aromatic heterocycles. The summed E-state index contributed by atoms with van der Waals surface area (Å²) in [5.74, 6) is -0.279. The third-order valence-electron chi connectivity index (χ3n) is 4.64. The zero-order chi connectivity index (χ0) is 20.8. The van der Waals surface area contributed by atoms with E-state index in [9.17, 15) is 9.90 Å². The van der Waals surface area contributed by atoms with Gasteiger partial charge in [-0.3, -0.25) is 20.1 Å². The first-order valence-electron chi connectivity index (χ1n) is 9.52. The summed E-state index contributed by atoms with van der Waals surface area (Å²) in [6.45, 7) is 2.12. The van der Waals surface area contributed by atoms with Crippen LogP contribution in [0.4, 0.5) is 5.69 Å². The lowest BCUT2D eigenvalue weighted by Crippen LogP contribution is -2.47. The second-order valence-electron chi connectivity index (χ2n) is 6.94. The van der Waals surface area contributed by atoms with E-state index in [0.29, 0.717) is 13.0 Å². The van der Waals surface area contributed by atoms with E-state index in [4.69, 9.17) is 9.73 Å². The summed E-state index contributed by atoms with van der Waals surface area (Å²) in [6.07, 6.45) is 1.69. The number of nitrogens with zero attached hydrogens (tertiary/aromatic N) is 2. The van der Waals surface area contributed by atoms with Crippen LogP contribution in [0, 0.1) is 0 Å². The molecule has 0 amide bonds. The SMILES string of the molecule is COC(=O)CC[C@@H]1N=C(c2ccccn2)c2cc(Br)ccc2NC1NC[C@@H](C)O. The molecule has 0 saturated carbocycles. The van der Waals surface area contributed by atoms with E-state index in [1.807, 2.05) is 36.4 Å². The molecule has 1 aliphatic heterocycles. The molecule has 29 heavy (non-hydrogen) atoms. The summed E-state index contributed by atoms with van der Waals surface area (Å²) in [5, 5.41) is 16.6. The molecule has 0 bridgehead atoms. The third kappa shape index (κ3) is 5.62. The Labute approximate surface area is 178 Å². The number of hydrogen-bond donors (Lipinski definition) is 3. The fourth-order valence-corrected chi connectivity index (χ4v) is 3.56. The summed E-state index contributed by atoms with van der Waals surface area (Å²) in [5.41, 5.74) is 3.34. The molecule has 3 N–H and O–H groups in total. The van der Waals surface area contributed by atoms with E-state index in [1.165, 1.54) is 7.11 Å². The summed E-state index contributed by atoms with van der Waals surface area (Å²) < 4.78 is 5.74. The number of nitrogens with one attached hydrogen (secondary N) is 2. The van der Waals surface area contributed by atoms with Crippen molar-refractivity contribution in [2.45, 2.75) is 38.1 Å². The molecule has 7 nitrogen and oxygen atoms in total. The van der Waals surface area contributed by atoms with Gasteiger partial charge in [-0.05, 0) is 43.7 Å². The minimum absolute atomic E-state index is 0.245. The maximum absolute atomic E-state index is 11.8. The number of ether oxygens (including phenoxy) is 1. The van der Waals surface area contributed by atoms with Gasteiger partial charge in [0.15, 0.2) is 0 Å². The molecule has 3 atom stereocenters. The Balaban J connectivity index is 2.04. The quantitative estimate of drug-likeness (QED) is 0.549. The van der Waals surface area contributed by atoms with E-state index >= 15 is 0 Å². The number of pyridine rings is 1. The highest BCUT2D eigenvalue weighted by Crippen LogP contribution is 2.29. The van der Waals surface area contributed by atoms with E-state index in [2.05, 4.69) is 31.5 Å². The Bertz CT molecular complexity index is 873. The summed E-state index contributed by atoms with van der Waals surface area (Å²) in [7, 11) is 1.38. The van der Waals surface area contributed by atoms with Crippen LogP contribution in [0.2, 0.25) is 0 Å². The van der Waals surface area contributed by atoms with Crippen molar-refractivity contribution in [3.8, 4) is 0 Å². The highest BCUT2D eigenvalue weighted by atomic mass is 79.9. The zero-order valence-corrected chi connectivity index (χ0v) is 18.0. The number of esters is 1. The van der Waals surface area contributed by atoms with Crippen molar-refractivity contribution in [1.82, 2.24) is 10.3 Å². The van der Waals surface area contributed by atoms with Crippen LogP contribution in [0.1, 0.15) is 31.0 Å². The molecular formula is C21H25BrN4O3. The Kier molecular flexibility index (Phi) is 7.35. The number of benzene rings is 1. The van der Waals surface area contributed by atoms with Crippen molar-refractivity contribution in [2.75, 3.05) is 19.0 Å².